The quantitative estimate of drug-likeness (QED) is 0.348. The van der Waals surface area contributed by atoms with Gasteiger partial charge in [-0.05, 0) is 17.3 Å². The smallest absolute Gasteiger partial charge is 0.284 e. The lowest BCUT2D eigenvalue weighted by Crippen LogP contribution is -1.97. The molecule has 5 heteroatoms. The Labute approximate surface area is 77.2 Å². The van der Waals surface area contributed by atoms with E-state index in [4.69, 9.17) is 4.55 Å². The largest absolute Gasteiger partial charge is 0.301 e. The number of rotatable bonds is 6. The first-order valence-corrected chi connectivity index (χ1v) is 5.63. The molecular formula is C5H11IO3S. The molecule has 0 rings (SSSR count). The van der Waals surface area contributed by atoms with Gasteiger partial charge in [0.1, 0.15) is 0 Å². The molecule has 0 aliphatic carbocycles. The van der Waals surface area contributed by atoms with E-state index < -0.39 is 11.4 Å². The molecule has 1 N–H and O–H groups in total. The van der Waals surface area contributed by atoms with Crippen molar-refractivity contribution >= 4 is 34.0 Å². The van der Waals surface area contributed by atoms with E-state index in [1.165, 1.54) is 0 Å². The summed E-state index contributed by atoms with van der Waals surface area (Å²) < 4.78 is 23.6. The maximum Gasteiger partial charge on any atom is 0.301 e. The van der Waals surface area contributed by atoms with E-state index in [9.17, 15) is 4.21 Å². The van der Waals surface area contributed by atoms with Crippen molar-refractivity contribution in [2.24, 2.45) is 0 Å². The van der Waals surface area contributed by atoms with Gasteiger partial charge in [-0.15, -0.1) is 0 Å². The SMILES string of the molecule is O=S(O)OCCCCCI. The second kappa shape index (κ2) is 7.90. The Morgan fingerprint density at radius 1 is 1.40 bits per heavy atom. The van der Waals surface area contributed by atoms with Crippen LogP contribution in [0.2, 0.25) is 0 Å². The van der Waals surface area contributed by atoms with Crippen molar-refractivity contribution in [1.82, 2.24) is 0 Å². The summed E-state index contributed by atoms with van der Waals surface area (Å²) in [6.45, 7) is 0.389. The van der Waals surface area contributed by atoms with Crippen LogP contribution in [-0.4, -0.2) is 19.8 Å². The number of alkyl halides is 1. The standard InChI is InChI=1S/C5H11IO3S/c6-4-2-1-3-5-9-10(7)8/h1-5H2,(H,7,8). The van der Waals surface area contributed by atoms with Crippen LogP contribution in [-0.2, 0) is 15.5 Å². The zero-order valence-corrected chi connectivity index (χ0v) is 8.56. The highest BCUT2D eigenvalue weighted by Gasteiger charge is 1.92. The number of hydrogen-bond acceptors (Lipinski definition) is 2. The third-order valence-electron chi connectivity index (χ3n) is 0.962. The van der Waals surface area contributed by atoms with Crippen LogP contribution in [0.3, 0.4) is 0 Å². The predicted molar refractivity (Wildman–Crippen MR) is 49.5 cm³/mol. The fraction of sp³-hybridized carbons (Fsp3) is 1.00. The van der Waals surface area contributed by atoms with E-state index in [-0.39, 0.29) is 0 Å². The molecule has 10 heavy (non-hydrogen) atoms. The topological polar surface area (TPSA) is 46.5 Å². The molecule has 1 unspecified atom stereocenters. The molecule has 0 heterocycles. The van der Waals surface area contributed by atoms with E-state index >= 15 is 0 Å². The number of hydrogen-bond donors (Lipinski definition) is 1. The number of halogens is 1. The van der Waals surface area contributed by atoms with Gasteiger partial charge in [0.25, 0.3) is 0 Å². The van der Waals surface area contributed by atoms with Crippen LogP contribution >= 0.6 is 22.6 Å². The molecule has 0 saturated heterocycles. The van der Waals surface area contributed by atoms with Crippen molar-refractivity contribution in [3.05, 3.63) is 0 Å². The molecule has 1 atom stereocenters. The van der Waals surface area contributed by atoms with Crippen LogP contribution < -0.4 is 0 Å². The lowest BCUT2D eigenvalue weighted by atomic mass is 10.3. The van der Waals surface area contributed by atoms with E-state index in [1.807, 2.05) is 0 Å². The van der Waals surface area contributed by atoms with Crippen molar-refractivity contribution in [3.63, 3.8) is 0 Å². The summed E-state index contributed by atoms with van der Waals surface area (Å²) in [5, 5.41) is 0. The highest BCUT2D eigenvalue weighted by molar-refractivity contribution is 14.1. The van der Waals surface area contributed by atoms with E-state index in [0.29, 0.717) is 6.61 Å². The fourth-order valence-electron chi connectivity index (χ4n) is 0.504. The van der Waals surface area contributed by atoms with Gasteiger partial charge in [0.15, 0.2) is 0 Å². The first-order chi connectivity index (χ1) is 4.77. The summed E-state index contributed by atoms with van der Waals surface area (Å²) in [6.07, 6.45) is 3.09. The highest BCUT2D eigenvalue weighted by atomic mass is 127. The minimum atomic E-state index is -2.07. The van der Waals surface area contributed by atoms with Gasteiger partial charge in [-0.1, -0.05) is 29.0 Å². The summed E-state index contributed by atoms with van der Waals surface area (Å²) in [5.74, 6) is 0. The molecule has 0 aromatic heterocycles. The summed E-state index contributed by atoms with van der Waals surface area (Å²) in [6, 6.07) is 0. The molecule has 0 saturated carbocycles. The Morgan fingerprint density at radius 3 is 2.60 bits per heavy atom. The van der Waals surface area contributed by atoms with Crippen molar-refractivity contribution in [3.8, 4) is 0 Å². The van der Waals surface area contributed by atoms with Gasteiger partial charge in [-0.2, -0.15) is 4.21 Å². The van der Waals surface area contributed by atoms with Gasteiger partial charge >= 0.3 is 11.4 Å². The summed E-state index contributed by atoms with van der Waals surface area (Å²) in [7, 11) is 0. The molecule has 0 aliphatic rings. The number of unbranched alkanes of at least 4 members (excludes halogenated alkanes) is 2. The lowest BCUT2D eigenvalue weighted by Gasteiger charge is -1.96. The molecule has 0 aromatic rings. The Bertz CT molecular complexity index is 98.9. The summed E-state index contributed by atoms with van der Waals surface area (Å²) in [5.41, 5.74) is 0. The molecule has 0 bridgehead atoms. The van der Waals surface area contributed by atoms with Gasteiger partial charge in [0, 0.05) is 0 Å². The van der Waals surface area contributed by atoms with Crippen LogP contribution in [0.15, 0.2) is 0 Å². The first-order valence-electron chi connectivity index (χ1n) is 3.07. The van der Waals surface area contributed by atoms with Crippen LogP contribution in [0.25, 0.3) is 0 Å². The molecule has 62 valence electrons. The third-order valence-corrected chi connectivity index (χ3v) is 2.09. The molecular weight excluding hydrogens is 267 g/mol. The van der Waals surface area contributed by atoms with Crippen LogP contribution in [0.1, 0.15) is 19.3 Å². The van der Waals surface area contributed by atoms with Gasteiger partial charge < -0.3 is 0 Å². The minimum absolute atomic E-state index is 0.389. The molecule has 0 aliphatic heterocycles. The van der Waals surface area contributed by atoms with E-state index in [2.05, 4.69) is 26.8 Å². The van der Waals surface area contributed by atoms with Gasteiger partial charge in [0.05, 0.1) is 6.61 Å². The second-order valence-electron chi connectivity index (χ2n) is 1.79. The molecule has 0 radical (unpaired) electrons. The average molecular weight is 278 g/mol. The van der Waals surface area contributed by atoms with Crippen molar-refractivity contribution in [1.29, 1.82) is 0 Å². The van der Waals surface area contributed by atoms with Gasteiger partial charge in [0.2, 0.25) is 0 Å². The first kappa shape index (κ1) is 10.8. The highest BCUT2D eigenvalue weighted by Crippen LogP contribution is 1.99. The Morgan fingerprint density at radius 2 is 2.10 bits per heavy atom. The summed E-state index contributed by atoms with van der Waals surface area (Å²) in [4.78, 5) is 0. The van der Waals surface area contributed by atoms with Gasteiger partial charge in [-0.3, -0.25) is 8.74 Å². The van der Waals surface area contributed by atoms with Gasteiger partial charge in [-0.25, -0.2) is 0 Å². The molecule has 0 amide bonds. The molecule has 0 spiro atoms. The minimum Gasteiger partial charge on any atom is -0.284 e. The normalized spacial score (nSPS) is 13.4. The Kier molecular flexibility index (Phi) is 8.53. The average Bonchev–Trinajstić information content (AvgIpc) is 1.87. The monoisotopic (exact) mass is 278 g/mol. The zero-order chi connectivity index (χ0) is 7.82. The zero-order valence-electron chi connectivity index (χ0n) is 5.59. The predicted octanol–water partition coefficient (Wildman–Crippen LogP) is 1.75. The Balaban J connectivity index is 2.84. The fourth-order valence-corrected chi connectivity index (χ4v) is 1.30. The van der Waals surface area contributed by atoms with E-state index in [0.717, 1.165) is 23.7 Å². The van der Waals surface area contributed by atoms with Crippen molar-refractivity contribution in [2.75, 3.05) is 11.0 Å². The second-order valence-corrected chi connectivity index (χ2v) is 3.54. The van der Waals surface area contributed by atoms with E-state index in [1.54, 1.807) is 0 Å². The molecule has 0 aromatic carbocycles. The third kappa shape index (κ3) is 8.80. The summed E-state index contributed by atoms with van der Waals surface area (Å²) >= 11 is 0.230. The van der Waals surface area contributed by atoms with Crippen LogP contribution in [0.4, 0.5) is 0 Å². The molecule has 0 fully saturated rings. The molecule has 3 nitrogen and oxygen atoms in total. The van der Waals surface area contributed by atoms with Crippen LogP contribution in [0, 0.1) is 0 Å². The lowest BCUT2D eigenvalue weighted by molar-refractivity contribution is 0.298. The Hall–Kier alpha value is 0.800. The van der Waals surface area contributed by atoms with Crippen molar-refractivity contribution < 1.29 is 12.9 Å². The maximum atomic E-state index is 9.92. The van der Waals surface area contributed by atoms with Crippen LogP contribution in [0.5, 0.6) is 0 Å². The van der Waals surface area contributed by atoms with Crippen molar-refractivity contribution in [2.45, 2.75) is 19.3 Å². The maximum absolute atomic E-state index is 9.92.